The normalized spacial score (nSPS) is 14.6. The van der Waals surface area contributed by atoms with E-state index in [1.807, 2.05) is 21.1 Å². The van der Waals surface area contributed by atoms with Crippen LogP contribution < -0.4 is 4.89 Å². The van der Waals surface area contributed by atoms with Crippen LogP contribution in [0, 0.1) is 0 Å². The van der Waals surface area contributed by atoms with Gasteiger partial charge in [-0.25, -0.2) is 0 Å². The van der Waals surface area contributed by atoms with Crippen LogP contribution in [-0.2, 0) is 23.1 Å². The van der Waals surface area contributed by atoms with Crippen molar-refractivity contribution in [2.45, 2.75) is 148 Å². The van der Waals surface area contributed by atoms with E-state index in [1.54, 1.807) is 0 Å². The van der Waals surface area contributed by atoms with Crippen LogP contribution >= 0.6 is 7.82 Å². The van der Waals surface area contributed by atoms with E-state index in [2.05, 4.69) is 38.2 Å². The molecule has 0 spiro atoms. The first kappa shape index (κ1) is 43.5. The zero-order valence-electron chi connectivity index (χ0n) is 29.6. The van der Waals surface area contributed by atoms with Gasteiger partial charge < -0.3 is 27.9 Å². The molecule has 0 amide bonds. The van der Waals surface area contributed by atoms with E-state index in [9.17, 15) is 9.46 Å². The number of unbranched alkanes of at least 4 members (excludes halogenated alkanes) is 16. The second kappa shape index (κ2) is 31.1. The van der Waals surface area contributed by atoms with Crippen LogP contribution in [0.5, 0.6) is 0 Å². The van der Waals surface area contributed by atoms with E-state index in [-0.39, 0.29) is 13.2 Å². The monoisotopic (exact) mass is 646 g/mol. The Bertz CT molecular complexity index is 709. The molecule has 0 aliphatic rings. The van der Waals surface area contributed by atoms with Crippen molar-refractivity contribution in [1.82, 2.24) is 0 Å². The molecule has 0 aromatic rings. The molecule has 2 atom stereocenters. The third-order valence-corrected chi connectivity index (χ3v) is 8.51. The fraction of sp³-hybridized carbons (Fsp3) is 0.889. The maximum absolute atomic E-state index is 12.3. The van der Waals surface area contributed by atoms with E-state index < -0.39 is 13.9 Å². The molecule has 0 fully saturated rings. The van der Waals surface area contributed by atoms with Gasteiger partial charge in [0.15, 0.2) is 0 Å². The lowest BCUT2D eigenvalue weighted by atomic mass is 10.1. The van der Waals surface area contributed by atoms with E-state index in [1.165, 1.54) is 103 Å². The molecular weight excluding hydrogens is 573 g/mol. The summed E-state index contributed by atoms with van der Waals surface area (Å²) in [5.74, 6) is 0. The molecule has 0 rings (SSSR count). The van der Waals surface area contributed by atoms with Crippen molar-refractivity contribution in [2.75, 3.05) is 60.7 Å². The minimum absolute atomic E-state index is 0.0795. The highest BCUT2D eigenvalue weighted by molar-refractivity contribution is 7.45. The smallest absolute Gasteiger partial charge is 0.268 e. The third kappa shape index (κ3) is 34.3. The Morgan fingerprint density at radius 2 is 1.05 bits per heavy atom. The fourth-order valence-electron chi connectivity index (χ4n) is 4.61. The average Bonchev–Trinajstić information content (AvgIpc) is 2.97. The van der Waals surface area contributed by atoms with E-state index >= 15 is 0 Å². The largest absolute Gasteiger partial charge is 0.756 e. The third-order valence-electron chi connectivity index (χ3n) is 7.54. The molecule has 0 aromatic carbocycles. The van der Waals surface area contributed by atoms with Gasteiger partial charge in [-0.05, 0) is 51.4 Å². The van der Waals surface area contributed by atoms with Crippen molar-refractivity contribution in [1.29, 1.82) is 0 Å². The number of phosphoric acid groups is 1. The summed E-state index contributed by atoms with van der Waals surface area (Å²) < 4.78 is 35.1. The predicted octanol–water partition coefficient (Wildman–Crippen LogP) is 9.55. The molecule has 0 saturated carbocycles. The molecule has 0 N–H and O–H groups in total. The highest BCUT2D eigenvalue weighted by Gasteiger charge is 2.17. The van der Waals surface area contributed by atoms with Crippen molar-refractivity contribution in [3.63, 3.8) is 0 Å². The zero-order chi connectivity index (χ0) is 32.6. The van der Waals surface area contributed by atoms with E-state index in [4.69, 9.17) is 18.5 Å². The van der Waals surface area contributed by atoms with Gasteiger partial charge in [-0.15, -0.1) is 0 Å². The lowest BCUT2D eigenvalue weighted by molar-refractivity contribution is -0.870. The number of allylic oxidation sites excluding steroid dienone is 4. The van der Waals surface area contributed by atoms with Gasteiger partial charge in [0, 0.05) is 13.2 Å². The lowest BCUT2D eigenvalue weighted by Crippen LogP contribution is -2.37. The van der Waals surface area contributed by atoms with Crippen LogP contribution in [0.15, 0.2) is 24.3 Å². The number of rotatable bonds is 34. The summed E-state index contributed by atoms with van der Waals surface area (Å²) in [6.07, 6.45) is 33.1. The summed E-state index contributed by atoms with van der Waals surface area (Å²) >= 11 is 0. The number of phosphoric ester groups is 1. The fourth-order valence-corrected chi connectivity index (χ4v) is 5.34. The summed E-state index contributed by atoms with van der Waals surface area (Å²) in [5.41, 5.74) is 0. The highest BCUT2D eigenvalue weighted by atomic mass is 31.2. The Kier molecular flexibility index (Phi) is 30.7. The average molecular weight is 646 g/mol. The quantitative estimate of drug-likeness (QED) is 0.0300. The van der Waals surface area contributed by atoms with Crippen molar-refractivity contribution < 1.29 is 32.5 Å². The second-order valence-electron chi connectivity index (χ2n) is 13.2. The van der Waals surface area contributed by atoms with Gasteiger partial charge in [-0.1, -0.05) is 115 Å². The van der Waals surface area contributed by atoms with Gasteiger partial charge >= 0.3 is 0 Å². The summed E-state index contributed by atoms with van der Waals surface area (Å²) in [6.45, 7) is 6.62. The summed E-state index contributed by atoms with van der Waals surface area (Å²) in [4.78, 5) is 12.3. The number of hydrogen-bond acceptors (Lipinski definition) is 6. The first-order valence-corrected chi connectivity index (χ1v) is 19.6. The molecule has 0 aliphatic carbocycles. The summed E-state index contributed by atoms with van der Waals surface area (Å²) in [5, 5.41) is 0. The van der Waals surface area contributed by atoms with Crippen molar-refractivity contribution in [2.24, 2.45) is 0 Å². The predicted molar refractivity (Wildman–Crippen MR) is 185 cm³/mol. The van der Waals surface area contributed by atoms with Crippen molar-refractivity contribution in [3.05, 3.63) is 24.3 Å². The van der Waals surface area contributed by atoms with Crippen molar-refractivity contribution >= 4 is 7.82 Å². The Morgan fingerprint density at radius 1 is 0.591 bits per heavy atom. The molecule has 0 saturated heterocycles. The topological polar surface area (TPSA) is 77.1 Å². The highest BCUT2D eigenvalue weighted by Crippen LogP contribution is 2.38. The Hall–Kier alpha value is -0.530. The summed E-state index contributed by atoms with van der Waals surface area (Å²) in [7, 11) is 1.58. The standard InChI is InChI=1S/C36H72NO6P/c1-6-8-10-12-14-16-18-20-22-24-26-28-31-40-34-36(35-43-44(38,39)42-33-30-37(3,4)5)41-32-29-27-25-23-21-19-17-15-13-11-9-7-2/h12-15,36H,6-11,16-35H2,1-5H3/b14-12-,15-13-/t36-/m1/s1. The number of hydrogen-bond donors (Lipinski definition) is 0. The molecule has 44 heavy (non-hydrogen) atoms. The SMILES string of the molecule is CCCC/C=C\CCCCCCCCOC[C@H](COP(=O)([O-])OCC[N+](C)(C)C)OCCCCCCCC/C=C\CCCC. The van der Waals surface area contributed by atoms with Gasteiger partial charge in [0.05, 0.1) is 34.4 Å². The number of quaternary nitrogens is 1. The molecular formula is C36H72NO6P. The van der Waals surface area contributed by atoms with Crippen LogP contribution in [0.4, 0.5) is 0 Å². The van der Waals surface area contributed by atoms with Crippen LogP contribution in [0.3, 0.4) is 0 Å². The summed E-state index contributed by atoms with van der Waals surface area (Å²) in [6, 6.07) is 0. The molecule has 0 heterocycles. The lowest BCUT2D eigenvalue weighted by Gasteiger charge is -2.28. The Balaban J connectivity index is 4.19. The van der Waals surface area contributed by atoms with Gasteiger partial charge in [0.25, 0.3) is 7.82 Å². The van der Waals surface area contributed by atoms with Crippen LogP contribution in [0.25, 0.3) is 0 Å². The van der Waals surface area contributed by atoms with Crippen LogP contribution in [0.2, 0.25) is 0 Å². The maximum Gasteiger partial charge on any atom is 0.268 e. The molecule has 0 aliphatic heterocycles. The molecule has 0 bridgehead atoms. The van der Waals surface area contributed by atoms with E-state index in [0.717, 1.165) is 25.7 Å². The van der Waals surface area contributed by atoms with Gasteiger partial charge in [0.2, 0.25) is 0 Å². The van der Waals surface area contributed by atoms with Crippen LogP contribution in [-0.4, -0.2) is 71.3 Å². The van der Waals surface area contributed by atoms with Gasteiger partial charge in [0.1, 0.15) is 19.3 Å². The molecule has 0 aromatic heterocycles. The van der Waals surface area contributed by atoms with Gasteiger partial charge in [-0.3, -0.25) is 4.57 Å². The molecule has 1 unspecified atom stereocenters. The number of nitrogens with zero attached hydrogens (tertiary/aromatic N) is 1. The Labute approximate surface area is 273 Å². The Morgan fingerprint density at radius 3 is 1.55 bits per heavy atom. The molecule has 0 radical (unpaired) electrons. The zero-order valence-corrected chi connectivity index (χ0v) is 30.5. The minimum Gasteiger partial charge on any atom is -0.756 e. The van der Waals surface area contributed by atoms with E-state index in [0.29, 0.717) is 30.8 Å². The van der Waals surface area contributed by atoms with Crippen molar-refractivity contribution in [3.8, 4) is 0 Å². The first-order chi connectivity index (χ1) is 21.2. The minimum atomic E-state index is -4.38. The molecule has 8 heteroatoms. The molecule has 262 valence electrons. The second-order valence-corrected chi connectivity index (χ2v) is 14.6. The first-order valence-electron chi connectivity index (χ1n) is 18.1. The van der Waals surface area contributed by atoms with Crippen LogP contribution in [0.1, 0.15) is 142 Å². The number of ether oxygens (including phenoxy) is 2. The maximum atomic E-state index is 12.3. The van der Waals surface area contributed by atoms with Gasteiger partial charge in [-0.2, -0.15) is 0 Å². The number of likely N-dealkylation sites (N-methyl/N-ethyl adjacent to an activating group) is 1. The molecule has 7 nitrogen and oxygen atoms in total.